The van der Waals surface area contributed by atoms with Crippen LogP contribution in [0.1, 0.15) is 26.7 Å². The van der Waals surface area contributed by atoms with Crippen molar-refractivity contribution in [2.45, 2.75) is 38.7 Å². The van der Waals surface area contributed by atoms with Crippen molar-refractivity contribution in [2.75, 3.05) is 7.11 Å². The first-order chi connectivity index (χ1) is 7.42. The van der Waals surface area contributed by atoms with Crippen LogP contribution in [0.15, 0.2) is 0 Å². The van der Waals surface area contributed by atoms with Crippen LogP contribution in [0, 0.1) is 23.2 Å². The Bertz CT molecular complexity index is 271. The summed E-state index contributed by atoms with van der Waals surface area (Å²) in [4.78, 5) is 0. The van der Waals surface area contributed by atoms with Crippen molar-refractivity contribution in [3.63, 3.8) is 0 Å². The zero-order valence-corrected chi connectivity index (χ0v) is 9.84. The number of rotatable bonds is 0. The minimum Gasteiger partial charge on any atom is -0.478 e. The number of aliphatic hydroxyl groups is 1. The molecule has 5 heteroatoms. The summed E-state index contributed by atoms with van der Waals surface area (Å²) in [5.74, 6) is -3.37. The maximum absolute atomic E-state index is 13.4. The van der Waals surface area contributed by atoms with Gasteiger partial charge in [-0.1, -0.05) is 6.92 Å². The lowest BCUT2D eigenvalue weighted by molar-refractivity contribution is -0.102. The average molecular weight is 235 g/mol. The quantitative estimate of drug-likeness (QED) is 0.676. The second-order valence-corrected chi connectivity index (χ2v) is 4.56. The largest absolute Gasteiger partial charge is 0.478 e. The van der Waals surface area contributed by atoms with Crippen LogP contribution in [0.5, 0.6) is 0 Å². The molecule has 4 unspecified atom stereocenters. The Kier molecular flexibility index (Phi) is 3.88. The maximum Gasteiger partial charge on any atom is 0.251 e. The first-order valence-corrected chi connectivity index (χ1v) is 5.49. The van der Waals surface area contributed by atoms with Gasteiger partial charge in [0.05, 0.1) is 0 Å². The van der Waals surface area contributed by atoms with Gasteiger partial charge in [-0.3, -0.25) is 5.41 Å². The minimum atomic E-state index is -2.62. The summed E-state index contributed by atoms with van der Waals surface area (Å²) in [5, 5.41) is 14.5. The van der Waals surface area contributed by atoms with E-state index in [2.05, 4.69) is 0 Å². The van der Waals surface area contributed by atoms with Crippen molar-refractivity contribution in [3.8, 4) is 0 Å². The Morgan fingerprint density at radius 2 is 1.94 bits per heavy atom. The van der Waals surface area contributed by atoms with Crippen molar-refractivity contribution in [2.24, 2.45) is 17.8 Å². The van der Waals surface area contributed by atoms with Crippen molar-refractivity contribution in [1.29, 1.82) is 5.41 Å². The number of ether oxygens (including phenoxy) is 1. The summed E-state index contributed by atoms with van der Waals surface area (Å²) in [6.45, 7) is 3.46. The first kappa shape index (κ1) is 13.4. The molecular weight excluding hydrogens is 216 g/mol. The van der Waals surface area contributed by atoms with E-state index in [4.69, 9.17) is 15.3 Å². The lowest BCUT2D eigenvalue weighted by atomic mass is 9.72. The second kappa shape index (κ2) is 4.65. The van der Waals surface area contributed by atoms with Gasteiger partial charge in [0.2, 0.25) is 0 Å². The van der Waals surface area contributed by atoms with Crippen LogP contribution in [-0.4, -0.2) is 30.1 Å². The van der Waals surface area contributed by atoms with Crippen LogP contribution < -0.4 is 0 Å². The number of hydrogen-bond donors (Lipinski definition) is 2. The molecule has 1 aliphatic carbocycles. The molecule has 1 saturated heterocycles. The van der Waals surface area contributed by atoms with Crippen molar-refractivity contribution < 1.29 is 18.6 Å². The van der Waals surface area contributed by atoms with Gasteiger partial charge in [-0.25, -0.2) is 8.78 Å². The molecule has 94 valence electrons. The molecule has 1 saturated carbocycles. The van der Waals surface area contributed by atoms with E-state index in [1.54, 1.807) is 6.92 Å². The first-order valence-electron chi connectivity index (χ1n) is 5.49. The average Bonchev–Trinajstić information content (AvgIpc) is 2.47. The van der Waals surface area contributed by atoms with Crippen molar-refractivity contribution >= 4 is 5.90 Å². The number of aliphatic hydroxyl groups excluding tert-OH is 1. The number of nitrogens with one attached hydrogen (secondary N) is 1. The third-order valence-electron chi connectivity index (χ3n) is 3.61. The molecule has 3 nitrogen and oxygen atoms in total. The van der Waals surface area contributed by atoms with Crippen LogP contribution in [0.3, 0.4) is 0 Å². The fourth-order valence-corrected chi connectivity index (χ4v) is 2.57. The molecule has 0 bridgehead atoms. The molecule has 1 aliphatic heterocycles. The van der Waals surface area contributed by atoms with Crippen molar-refractivity contribution in [1.82, 2.24) is 0 Å². The van der Waals surface area contributed by atoms with Crippen LogP contribution in [0.25, 0.3) is 0 Å². The standard InChI is InChI=1S/C10H15F2NO.CH4O/c1-5-3-7-6(2)14-9(13)8(7)4-10(5,11)12;1-2/h5-8,13H,3-4H2,1-2H3;2H,1H3. The smallest absolute Gasteiger partial charge is 0.251 e. The Morgan fingerprint density at radius 1 is 1.38 bits per heavy atom. The van der Waals surface area contributed by atoms with Crippen molar-refractivity contribution in [3.05, 3.63) is 0 Å². The molecule has 4 atom stereocenters. The van der Waals surface area contributed by atoms with E-state index in [1.807, 2.05) is 6.92 Å². The lowest BCUT2D eigenvalue weighted by Gasteiger charge is -2.35. The molecule has 0 amide bonds. The number of halogens is 2. The summed E-state index contributed by atoms with van der Waals surface area (Å²) < 4.78 is 32.0. The highest BCUT2D eigenvalue weighted by atomic mass is 19.3. The molecular formula is C11H19F2NO2. The molecule has 0 aromatic carbocycles. The van der Waals surface area contributed by atoms with E-state index in [9.17, 15) is 8.78 Å². The SMILES string of the molecule is CC1OC(=N)C2CC(F)(F)C(C)CC12.CO. The van der Waals surface area contributed by atoms with E-state index in [1.165, 1.54) is 0 Å². The zero-order chi connectivity index (χ0) is 12.5. The van der Waals surface area contributed by atoms with Crippen LogP contribution in [-0.2, 0) is 4.74 Å². The highest BCUT2D eigenvalue weighted by Gasteiger charge is 2.53. The highest BCUT2D eigenvalue weighted by Crippen LogP contribution is 2.48. The zero-order valence-electron chi connectivity index (χ0n) is 9.84. The number of hydrogen-bond acceptors (Lipinski definition) is 3. The molecule has 0 aromatic rings. The molecule has 0 spiro atoms. The topological polar surface area (TPSA) is 53.3 Å². The van der Waals surface area contributed by atoms with E-state index in [0.29, 0.717) is 6.42 Å². The van der Waals surface area contributed by atoms with Gasteiger partial charge < -0.3 is 9.84 Å². The Hall–Kier alpha value is -0.710. The minimum absolute atomic E-state index is 0.0638. The maximum atomic E-state index is 13.4. The van der Waals surface area contributed by atoms with Gasteiger partial charge in [-0.15, -0.1) is 0 Å². The summed E-state index contributed by atoms with van der Waals surface area (Å²) in [7, 11) is 1.00. The Labute approximate surface area is 94.3 Å². The molecule has 2 N–H and O–H groups in total. The Balaban J connectivity index is 0.000000606. The normalized spacial score (nSPS) is 40.5. The predicted molar refractivity (Wildman–Crippen MR) is 56.7 cm³/mol. The third-order valence-corrected chi connectivity index (χ3v) is 3.61. The predicted octanol–water partition coefficient (Wildman–Crippen LogP) is 2.29. The molecule has 0 radical (unpaired) electrons. The molecule has 2 aliphatic rings. The van der Waals surface area contributed by atoms with Gasteiger partial charge in [0, 0.05) is 31.3 Å². The molecule has 0 aromatic heterocycles. The van der Waals surface area contributed by atoms with Gasteiger partial charge in [0.15, 0.2) is 5.90 Å². The van der Waals surface area contributed by atoms with Crippen LogP contribution in [0.2, 0.25) is 0 Å². The summed E-state index contributed by atoms with van der Waals surface area (Å²) in [6, 6.07) is 0. The molecule has 16 heavy (non-hydrogen) atoms. The fourth-order valence-electron chi connectivity index (χ4n) is 2.57. The number of alkyl halides is 2. The van der Waals surface area contributed by atoms with Crippen LogP contribution >= 0.6 is 0 Å². The third kappa shape index (κ3) is 2.19. The summed E-state index contributed by atoms with van der Waals surface area (Å²) in [6.07, 6.45) is 0.203. The Morgan fingerprint density at radius 3 is 2.50 bits per heavy atom. The molecule has 1 heterocycles. The van der Waals surface area contributed by atoms with Gasteiger partial charge in [-0.2, -0.15) is 0 Å². The van der Waals surface area contributed by atoms with E-state index in [-0.39, 0.29) is 30.3 Å². The van der Waals surface area contributed by atoms with Gasteiger partial charge in [0.25, 0.3) is 5.92 Å². The van der Waals surface area contributed by atoms with Crippen LogP contribution in [0.4, 0.5) is 8.78 Å². The van der Waals surface area contributed by atoms with E-state index < -0.39 is 11.8 Å². The monoisotopic (exact) mass is 235 g/mol. The number of fused-ring (bicyclic) bond motifs is 1. The van der Waals surface area contributed by atoms with Gasteiger partial charge in [-0.05, 0) is 13.3 Å². The summed E-state index contributed by atoms with van der Waals surface area (Å²) in [5.41, 5.74) is 0. The highest BCUT2D eigenvalue weighted by molar-refractivity contribution is 5.78. The van der Waals surface area contributed by atoms with Gasteiger partial charge in [0.1, 0.15) is 6.10 Å². The molecule has 2 fully saturated rings. The lowest BCUT2D eigenvalue weighted by Crippen LogP contribution is -2.40. The van der Waals surface area contributed by atoms with E-state index in [0.717, 1.165) is 7.11 Å². The van der Waals surface area contributed by atoms with Gasteiger partial charge >= 0.3 is 0 Å². The summed E-state index contributed by atoms with van der Waals surface area (Å²) >= 11 is 0. The fraction of sp³-hybridized carbons (Fsp3) is 0.909. The van der Waals surface area contributed by atoms with E-state index >= 15 is 0 Å². The molecule has 2 rings (SSSR count). The second-order valence-electron chi connectivity index (χ2n) is 4.56.